The van der Waals surface area contributed by atoms with Gasteiger partial charge < -0.3 is 49.4 Å². The molecule has 0 saturated carbocycles. The average Bonchev–Trinajstić information content (AvgIpc) is 2.68. The molecule has 0 aromatic heterocycles. The maximum absolute atomic E-state index is 6.16. The Bertz CT molecular complexity index is 631. The van der Waals surface area contributed by atoms with E-state index in [-0.39, 0.29) is 0 Å². The molecule has 0 amide bonds. The summed E-state index contributed by atoms with van der Waals surface area (Å²) in [5.74, 6) is 0. The molecule has 12 nitrogen and oxygen atoms in total. The van der Waals surface area contributed by atoms with E-state index in [1.54, 1.807) is 17.1 Å². The van der Waals surface area contributed by atoms with Crippen LogP contribution in [0.5, 0.6) is 0 Å². The smallest absolute Gasteiger partial charge is 0.410 e. The molecular formula is C12H27O12Si10. The molecule has 3 fully saturated rings. The monoisotopic (exact) mass is 643 g/mol. The van der Waals surface area contributed by atoms with Crippen molar-refractivity contribution >= 4 is 91.6 Å². The van der Waals surface area contributed by atoms with Gasteiger partial charge in [0.2, 0.25) is 25.0 Å². The summed E-state index contributed by atoms with van der Waals surface area (Å²) in [6, 6.07) is 0. The first-order valence-corrected chi connectivity index (χ1v) is 27.5. The lowest BCUT2D eigenvalue weighted by Gasteiger charge is -2.38. The van der Waals surface area contributed by atoms with Gasteiger partial charge in [0.15, 0.2) is 0 Å². The van der Waals surface area contributed by atoms with Crippen molar-refractivity contribution in [2.45, 2.75) is 39.3 Å². The lowest BCUT2D eigenvalue weighted by molar-refractivity contribution is 0.0811. The van der Waals surface area contributed by atoms with Crippen LogP contribution in [-0.4, -0.2) is 91.6 Å². The second-order valence-corrected chi connectivity index (χ2v) is 32.5. The minimum atomic E-state index is -2.44. The maximum Gasteiger partial charge on any atom is 0.553 e. The summed E-state index contributed by atoms with van der Waals surface area (Å²) in [6.45, 7) is 23.3. The Kier molecular flexibility index (Phi) is 10.6. The van der Waals surface area contributed by atoms with Crippen LogP contribution >= 0.6 is 0 Å². The number of hydrogen-bond donors (Lipinski definition) is 0. The van der Waals surface area contributed by atoms with Crippen molar-refractivity contribution in [2.75, 3.05) is 0 Å². The minimum Gasteiger partial charge on any atom is -0.410 e. The van der Waals surface area contributed by atoms with Gasteiger partial charge in [-0.3, -0.25) is 0 Å². The Hall–Kier alpha value is 0.909. The normalized spacial score (nSPS) is 24.2. The Morgan fingerprint density at radius 1 is 0.441 bits per heavy atom. The van der Waals surface area contributed by atoms with Gasteiger partial charge in [-0.2, -0.15) is 0 Å². The summed E-state index contributed by atoms with van der Waals surface area (Å²) in [5, 5.41) is 0. The molecule has 22 heteroatoms. The van der Waals surface area contributed by atoms with Gasteiger partial charge in [-0.1, -0.05) is 17.1 Å². The molecule has 3 heterocycles. The SMILES string of the molecule is C=C[Si](C)(C)O[Si]1O[Si]2O[Si]3O[Si](O1)O[Si](O[Si](C)(C)C=C)O[Si](O3)O[Si](O[Si](C)(C)C=C)O2. The van der Waals surface area contributed by atoms with Crippen molar-refractivity contribution in [3.05, 3.63) is 36.8 Å². The molecule has 4 bridgehead atoms. The van der Waals surface area contributed by atoms with Gasteiger partial charge in [0.1, 0.15) is 0 Å². The lowest BCUT2D eigenvalue weighted by Crippen LogP contribution is -2.64. The molecule has 3 saturated heterocycles. The summed E-state index contributed by atoms with van der Waals surface area (Å²) >= 11 is 0. The van der Waals surface area contributed by atoms with E-state index in [4.69, 9.17) is 49.4 Å². The molecule has 187 valence electrons. The highest BCUT2D eigenvalue weighted by Crippen LogP contribution is 2.23. The molecule has 0 spiro atoms. The molecule has 0 aromatic carbocycles. The maximum atomic E-state index is 6.16. The number of hydrogen-bond acceptors (Lipinski definition) is 12. The van der Waals surface area contributed by atoms with Gasteiger partial charge in [-0.25, -0.2) is 0 Å². The third-order valence-electron chi connectivity index (χ3n) is 4.01. The highest BCUT2D eigenvalue weighted by atomic mass is 28.6. The Morgan fingerprint density at radius 2 is 0.647 bits per heavy atom. The molecular weight excluding hydrogens is 617 g/mol. The highest BCUT2D eigenvalue weighted by molar-refractivity contribution is 6.86. The van der Waals surface area contributed by atoms with E-state index in [2.05, 4.69) is 19.7 Å². The summed E-state index contributed by atoms with van der Waals surface area (Å²) in [5.41, 5.74) is 5.32. The van der Waals surface area contributed by atoms with Gasteiger partial charge in [-0.15, -0.1) is 19.7 Å². The van der Waals surface area contributed by atoms with Crippen LogP contribution in [0.15, 0.2) is 36.8 Å². The molecule has 3 aliphatic rings. The molecule has 0 aliphatic carbocycles. The standard InChI is InChI=1S/C12H27O12Si10/c1-10-32(4,5)22-29-16-26-13-25-14-27(17-29)19-31(24-34(8,9)12-3)21-28(15-25)20-30(18-26)23-33(6,7)11-2/h10-12H,1-3H2,4-9H3. The van der Waals surface area contributed by atoms with Crippen LogP contribution in [0, 0.1) is 0 Å². The lowest BCUT2D eigenvalue weighted by atomic mass is 11.3. The van der Waals surface area contributed by atoms with Crippen LogP contribution in [-0.2, 0) is 49.4 Å². The first-order valence-electron chi connectivity index (χ1n) is 9.99. The molecule has 0 atom stereocenters. The third kappa shape index (κ3) is 9.03. The van der Waals surface area contributed by atoms with Crippen molar-refractivity contribution in [2.24, 2.45) is 0 Å². The van der Waals surface area contributed by atoms with Crippen LogP contribution in [0.1, 0.15) is 0 Å². The van der Waals surface area contributed by atoms with Crippen LogP contribution in [0.4, 0.5) is 0 Å². The largest absolute Gasteiger partial charge is 0.553 e. The molecule has 34 heavy (non-hydrogen) atoms. The van der Waals surface area contributed by atoms with Crippen LogP contribution < -0.4 is 0 Å². The minimum absolute atomic E-state index is 1.77. The second kappa shape index (κ2) is 12.2. The summed E-state index contributed by atoms with van der Waals surface area (Å²) in [7, 11) is -23.9. The van der Waals surface area contributed by atoms with E-state index in [0.29, 0.717) is 0 Å². The van der Waals surface area contributed by atoms with E-state index in [0.717, 1.165) is 0 Å². The Balaban J connectivity index is 1.91. The average molecular weight is 644 g/mol. The zero-order chi connectivity index (χ0) is 25.1. The summed E-state index contributed by atoms with van der Waals surface area (Å²) < 4.78 is 72.8. The van der Waals surface area contributed by atoms with Gasteiger partial charge in [0, 0.05) is 0 Å². The fraction of sp³-hybridized carbons (Fsp3) is 0.500. The van der Waals surface area contributed by atoms with Crippen molar-refractivity contribution in [1.82, 2.24) is 0 Å². The topological polar surface area (TPSA) is 111 Å². The van der Waals surface area contributed by atoms with E-state index in [1.165, 1.54) is 0 Å². The Morgan fingerprint density at radius 3 is 0.853 bits per heavy atom. The van der Waals surface area contributed by atoms with Crippen LogP contribution in [0.3, 0.4) is 0 Å². The quantitative estimate of drug-likeness (QED) is 0.333. The highest BCUT2D eigenvalue weighted by Gasteiger charge is 2.56. The fourth-order valence-electron chi connectivity index (χ4n) is 1.82. The summed E-state index contributed by atoms with van der Waals surface area (Å²) in [6.07, 6.45) is 0. The van der Waals surface area contributed by atoms with Crippen molar-refractivity contribution in [1.29, 1.82) is 0 Å². The molecule has 0 aromatic rings. The zero-order valence-corrected chi connectivity index (χ0v) is 29.8. The predicted octanol–water partition coefficient (Wildman–Crippen LogP) is 0.912. The second-order valence-electron chi connectivity index (χ2n) is 8.40. The first-order chi connectivity index (χ1) is 15.8. The van der Waals surface area contributed by atoms with Crippen LogP contribution in [0.2, 0.25) is 39.3 Å². The molecule has 7 radical (unpaired) electrons. The fourth-order valence-corrected chi connectivity index (χ4v) is 24.2. The summed E-state index contributed by atoms with van der Waals surface area (Å²) in [4.78, 5) is 0. The Labute approximate surface area is 216 Å². The van der Waals surface area contributed by atoms with Gasteiger partial charge in [0.25, 0.3) is 0 Å². The zero-order valence-electron chi connectivity index (χ0n) is 19.8. The predicted molar refractivity (Wildman–Crippen MR) is 136 cm³/mol. The third-order valence-corrected chi connectivity index (χ3v) is 27.3. The van der Waals surface area contributed by atoms with E-state index < -0.39 is 91.6 Å². The van der Waals surface area contributed by atoms with Crippen molar-refractivity contribution < 1.29 is 49.4 Å². The van der Waals surface area contributed by atoms with Crippen molar-refractivity contribution in [3.8, 4) is 0 Å². The van der Waals surface area contributed by atoms with E-state index in [1.807, 2.05) is 39.3 Å². The van der Waals surface area contributed by atoms with Crippen molar-refractivity contribution in [3.63, 3.8) is 0 Å². The van der Waals surface area contributed by atoms with Gasteiger partial charge >= 0.3 is 66.7 Å². The van der Waals surface area contributed by atoms with E-state index >= 15 is 0 Å². The molecule has 3 aliphatic heterocycles. The molecule has 0 N–H and O–H groups in total. The number of fused-ring (bicyclic) bond motifs is 3. The van der Waals surface area contributed by atoms with Gasteiger partial charge in [0.05, 0.1) is 0 Å². The van der Waals surface area contributed by atoms with E-state index in [9.17, 15) is 0 Å². The van der Waals surface area contributed by atoms with Gasteiger partial charge in [-0.05, 0) is 39.3 Å². The number of rotatable bonds is 9. The molecule has 3 rings (SSSR count). The first kappa shape index (κ1) is 29.5. The van der Waals surface area contributed by atoms with Crippen LogP contribution in [0.25, 0.3) is 0 Å². The molecule has 0 unspecified atom stereocenters.